The van der Waals surface area contributed by atoms with Crippen LogP contribution in [0.1, 0.15) is 48.9 Å². The second-order valence-electron chi connectivity index (χ2n) is 7.48. The number of hydrogen-bond acceptors (Lipinski definition) is 4. The van der Waals surface area contributed by atoms with E-state index in [1.165, 1.54) is 12.1 Å². The number of aryl methyl sites for hydroxylation is 2. The Morgan fingerprint density at radius 3 is 1.45 bits per heavy atom. The van der Waals surface area contributed by atoms with Crippen LogP contribution in [0.4, 0.5) is 0 Å². The first-order valence-corrected chi connectivity index (χ1v) is 9.33. The number of carbonyl (C=O) groups excluding carboxylic acids is 2. The highest BCUT2D eigenvalue weighted by molar-refractivity contribution is 6.32. The van der Waals surface area contributed by atoms with E-state index in [1.807, 2.05) is 38.1 Å². The summed E-state index contributed by atoms with van der Waals surface area (Å²) in [5.74, 6) is -2.55. The Morgan fingerprint density at radius 1 is 0.724 bits per heavy atom. The summed E-state index contributed by atoms with van der Waals surface area (Å²) in [6.45, 7) is 3.82. The van der Waals surface area contributed by atoms with E-state index in [4.69, 9.17) is 0 Å². The summed E-state index contributed by atoms with van der Waals surface area (Å²) >= 11 is 0. The van der Waals surface area contributed by atoms with Gasteiger partial charge in [0, 0.05) is 16.1 Å². The summed E-state index contributed by atoms with van der Waals surface area (Å²) < 4.78 is 0. The molecule has 5 nitrogen and oxygen atoms in total. The van der Waals surface area contributed by atoms with E-state index in [0.717, 1.165) is 11.1 Å². The van der Waals surface area contributed by atoms with E-state index in [2.05, 4.69) is 0 Å². The lowest BCUT2D eigenvalue weighted by Crippen LogP contribution is -2.54. The Bertz CT molecular complexity index is 1050. The largest absolute Gasteiger partial charge is 0.355 e. The number of benzene rings is 3. The number of rotatable bonds is 4. The standard InChI is InChI=1S/C24H19NO4/c1-15-7-11-17(12-8-15)21(18-13-9-16(2)10-14-18)24(25(28)29)22(26)19-5-3-4-6-20(19)23(24)27/h3-14,21H,1-2H3. The smallest absolute Gasteiger partial charge is 0.285 e. The van der Waals surface area contributed by atoms with Gasteiger partial charge in [0.05, 0.1) is 5.92 Å². The van der Waals surface area contributed by atoms with Crippen LogP contribution < -0.4 is 0 Å². The van der Waals surface area contributed by atoms with Gasteiger partial charge in [-0.2, -0.15) is 0 Å². The van der Waals surface area contributed by atoms with Crippen molar-refractivity contribution < 1.29 is 14.5 Å². The fourth-order valence-corrected chi connectivity index (χ4v) is 4.12. The molecule has 0 atom stereocenters. The lowest BCUT2D eigenvalue weighted by Gasteiger charge is -2.28. The minimum atomic E-state index is -2.42. The van der Waals surface area contributed by atoms with Crippen LogP contribution in [0.3, 0.4) is 0 Å². The van der Waals surface area contributed by atoms with E-state index in [-0.39, 0.29) is 11.1 Å². The molecule has 0 unspecified atom stereocenters. The van der Waals surface area contributed by atoms with Crippen molar-refractivity contribution in [3.63, 3.8) is 0 Å². The molecule has 0 bridgehead atoms. The SMILES string of the molecule is Cc1ccc(C(c2ccc(C)cc2)C2([N+](=O)[O-])C(=O)c3ccccc3C2=O)cc1. The molecular weight excluding hydrogens is 366 g/mol. The van der Waals surface area contributed by atoms with E-state index in [0.29, 0.717) is 11.1 Å². The molecule has 3 aromatic carbocycles. The number of nitrogens with zero attached hydrogens (tertiary/aromatic N) is 1. The van der Waals surface area contributed by atoms with Crippen molar-refractivity contribution >= 4 is 11.6 Å². The molecule has 0 N–H and O–H groups in total. The average molecular weight is 385 g/mol. The van der Waals surface area contributed by atoms with Gasteiger partial charge in [0.25, 0.3) is 0 Å². The van der Waals surface area contributed by atoms with E-state index in [9.17, 15) is 19.7 Å². The number of carbonyl (C=O) groups is 2. The summed E-state index contributed by atoms with van der Waals surface area (Å²) in [7, 11) is 0. The summed E-state index contributed by atoms with van der Waals surface area (Å²) in [4.78, 5) is 38.7. The molecule has 1 aliphatic rings. The molecule has 0 saturated heterocycles. The van der Waals surface area contributed by atoms with Crippen LogP contribution in [0, 0.1) is 24.0 Å². The Labute approximate surface area is 168 Å². The maximum Gasteiger partial charge on any atom is 0.355 e. The van der Waals surface area contributed by atoms with Crippen LogP contribution in [-0.4, -0.2) is 22.0 Å². The van der Waals surface area contributed by atoms with Gasteiger partial charge in [-0.3, -0.25) is 19.7 Å². The zero-order valence-corrected chi connectivity index (χ0v) is 16.1. The molecular formula is C24H19NO4. The molecule has 0 heterocycles. The van der Waals surface area contributed by atoms with Crippen molar-refractivity contribution in [3.8, 4) is 0 Å². The molecule has 0 aliphatic heterocycles. The number of hydrogen-bond donors (Lipinski definition) is 0. The third-order valence-corrected chi connectivity index (χ3v) is 5.64. The Morgan fingerprint density at radius 2 is 1.10 bits per heavy atom. The third kappa shape index (κ3) is 2.70. The zero-order chi connectivity index (χ0) is 20.8. The van der Waals surface area contributed by atoms with Crippen molar-refractivity contribution in [2.45, 2.75) is 25.3 Å². The molecule has 0 saturated carbocycles. The highest BCUT2D eigenvalue weighted by Gasteiger charge is 2.68. The quantitative estimate of drug-likeness (QED) is 0.376. The summed E-state index contributed by atoms with van der Waals surface area (Å²) in [5.41, 5.74) is 0.889. The Hall–Kier alpha value is -3.60. The van der Waals surface area contributed by atoms with E-state index in [1.54, 1.807) is 36.4 Å². The third-order valence-electron chi connectivity index (χ3n) is 5.64. The lowest BCUT2D eigenvalue weighted by atomic mass is 9.72. The molecule has 0 fully saturated rings. The number of fused-ring (bicyclic) bond motifs is 1. The Balaban J connectivity index is 2.03. The van der Waals surface area contributed by atoms with Gasteiger partial charge in [0.1, 0.15) is 0 Å². The van der Waals surface area contributed by atoms with E-state index >= 15 is 0 Å². The summed E-state index contributed by atoms with van der Waals surface area (Å²) in [6.07, 6.45) is 0. The number of Topliss-reactive ketones (excluding diaryl/α,β-unsaturated/α-hetero) is 2. The second-order valence-corrected chi connectivity index (χ2v) is 7.48. The predicted molar refractivity (Wildman–Crippen MR) is 109 cm³/mol. The van der Waals surface area contributed by atoms with Crippen molar-refractivity contribution in [1.29, 1.82) is 0 Å². The van der Waals surface area contributed by atoms with Gasteiger partial charge in [-0.1, -0.05) is 83.9 Å². The van der Waals surface area contributed by atoms with Gasteiger partial charge in [0.2, 0.25) is 11.6 Å². The highest BCUT2D eigenvalue weighted by Crippen LogP contribution is 2.46. The van der Waals surface area contributed by atoms with Gasteiger partial charge in [-0.25, -0.2) is 0 Å². The number of ketones is 2. The molecule has 5 heteroatoms. The molecule has 3 aromatic rings. The van der Waals surface area contributed by atoms with Gasteiger partial charge >= 0.3 is 5.54 Å². The van der Waals surface area contributed by atoms with Gasteiger partial charge in [-0.05, 0) is 25.0 Å². The molecule has 144 valence electrons. The summed E-state index contributed by atoms with van der Waals surface area (Å²) in [5, 5.41) is 12.5. The average Bonchev–Trinajstić information content (AvgIpc) is 2.94. The van der Waals surface area contributed by atoms with Crippen LogP contribution in [0.25, 0.3) is 0 Å². The fraction of sp³-hybridized carbons (Fsp3) is 0.167. The fourth-order valence-electron chi connectivity index (χ4n) is 4.12. The van der Waals surface area contributed by atoms with Crippen LogP contribution >= 0.6 is 0 Å². The van der Waals surface area contributed by atoms with Crippen LogP contribution in [0.15, 0.2) is 72.8 Å². The number of nitro groups is 1. The van der Waals surface area contributed by atoms with E-state index < -0.39 is 27.9 Å². The van der Waals surface area contributed by atoms with Gasteiger partial charge in [0.15, 0.2) is 0 Å². The maximum absolute atomic E-state index is 13.4. The predicted octanol–water partition coefficient (Wildman–Crippen LogP) is 4.53. The maximum atomic E-state index is 13.4. The molecule has 29 heavy (non-hydrogen) atoms. The van der Waals surface area contributed by atoms with Crippen molar-refractivity contribution in [2.75, 3.05) is 0 Å². The first-order chi connectivity index (χ1) is 13.9. The summed E-state index contributed by atoms with van der Waals surface area (Å²) in [6, 6.07) is 20.6. The van der Waals surface area contributed by atoms with Gasteiger partial charge in [-0.15, -0.1) is 0 Å². The first-order valence-electron chi connectivity index (χ1n) is 9.33. The zero-order valence-electron chi connectivity index (χ0n) is 16.1. The molecule has 0 aromatic heterocycles. The van der Waals surface area contributed by atoms with Crippen LogP contribution in [0.2, 0.25) is 0 Å². The van der Waals surface area contributed by atoms with Crippen LogP contribution in [-0.2, 0) is 0 Å². The molecule has 1 aliphatic carbocycles. The van der Waals surface area contributed by atoms with Crippen molar-refractivity contribution in [1.82, 2.24) is 0 Å². The van der Waals surface area contributed by atoms with Gasteiger partial charge < -0.3 is 0 Å². The highest BCUT2D eigenvalue weighted by atomic mass is 16.6. The molecule has 0 amide bonds. The normalized spacial score (nSPS) is 14.9. The monoisotopic (exact) mass is 385 g/mol. The van der Waals surface area contributed by atoms with Crippen LogP contribution in [0.5, 0.6) is 0 Å². The van der Waals surface area contributed by atoms with Crippen molar-refractivity contribution in [2.24, 2.45) is 0 Å². The topological polar surface area (TPSA) is 77.3 Å². The minimum Gasteiger partial charge on any atom is -0.285 e. The molecule has 0 spiro atoms. The van der Waals surface area contributed by atoms with Crippen molar-refractivity contribution in [3.05, 3.63) is 116 Å². The second kappa shape index (κ2) is 6.78. The molecule has 0 radical (unpaired) electrons. The Kier molecular flexibility index (Phi) is 4.38. The lowest BCUT2D eigenvalue weighted by molar-refractivity contribution is -0.532. The first kappa shape index (κ1) is 18.7. The molecule has 4 rings (SSSR count). The minimum absolute atomic E-state index is 0.110.